The molecule has 5 heteroatoms. The lowest BCUT2D eigenvalue weighted by atomic mass is 9.74. The Labute approximate surface area is 150 Å². The summed E-state index contributed by atoms with van der Waals surface area (Å²) in [5.41, 5.74) is 7.27. The van der Waals surface area contributed by atoms with Crippen LogP contribution in [0.1, 0.15) is 38.2 Å². The zero-order valence-electron chi connectivity index (χ0n) is 15.2. The van der Waals surface area contributed by atoms with Crippen LogP contribution in [0, 0.1) is 5.92 Å². The molecule has 0 spiro atoms. The minimum absolute atomic E-state index is 0.0500. The van der Waals surface area contributed by atoms with Crippen LogP contribution in [0.15, 0.2) is 30.3 Å². The average Bonchev–Trinajstić information content (AvgIpc) is 2.60. The van der Waals surface area contributed by atoms with Crippen molar-refractivity contribution in [3.8, 4) is 0 Å². The lowest BCUT2D eigenvalue weighted by Crippen LogP contribution is -2.54. The highest BCUT2D eigenvalue weighted by atomic mass is 16.5. The number of carbonyl (C=O) groups excluding carboxylic acids is 1. The summed E-state index contributed by atoms with van der Waals surface area (Å²) in [4.78, 5) is 15.0. The summed E-state index contributed by atoms with van der Waals surface area (Å²) in [7, 11) is 0. The molecule has 3 N–H and O–H groups in total. The Bertz CT molecular complexity index is 561. The lowest BCUT2D eigenvalue weighted by Gasteiger charge is -2.38. The molecular formula is C20H31N3O2. The molecule has 1 aromatic rings. The highest BCUT2D eigenvalue weighted by Crippen LogP contribution is 2.31. The fraction of sp³-hybridized carbons (Fsp3) is 0.650. The van der Waals surface area contributed by atoms with Crippen molar-refractivity contribution in [1.29, 1.82) is 0 Å². The molecule has 1 amide bonds. The lowest BCUT2D eigenvalue weighted by molar-refractivity contribution is -0.129. The molecule has 5 nitrogen and oxygen atoms in total. The zero-order valence-corrected chi connectivity index (χ0v) is 15.2. The molecule has 3 atom stereocenters. The number of nitrogens with zero attached hydrogens (tertiary/aromatic N) is 1. The van der Waals surface area contributed by atoms with Crippen molar-refractivity contribution in [3.63, 3.8) is 0 Å². The second-order valence-corrected chi connectivity index (χ2v) is 7.76. The summed E-state index contributed by atoms with van der Waals surface area (Å²) in [5, 5.41) is 3.09. The normalized spacial score (nSPS) is 30.8. The Morgan fingerprint density at radius 1 is 1.36 bits per heavy atom. The second kappa shape index (κ2) is 8.30. The highest BCUT2D eigenvalue weighted by Gasteiger charge is 2.37. The van der Waals surface area contributed by atoms with Gasteiger partial charge in [-0.05, 0) is 25.3 Å². The highest BCUT2D eigenvalue weighted by molar-refractivity contribution is 5.80. The van der Waals surface area contributed by atoms with Crippen LogP contribution >= 0.6 is 0 Å². The van der Waals surface area contributed by atoms with Crippen LogP contribution in [0.2, 0.25) is 0 Å². The van der Waals surface area contributed by atoms with E-state index in [1.165, 1.54) is 5.56 Å². The van der Waals surface area contributed by atoms with E-state index in [0.717, 1.165) is 45.3 Å². The molecule has 1 saturated heterocycles. The van der Waals surface area contributed by atoms with Gasteiger partial charge in [-0.2, -0.15) is 0 Å². The van der Waals surface area contributed by atoms with Gasteiger partial charge in [0.1, 0.15) is 0 Å². The Morgan fingerprint density at radius 2 is 2.16 bits per heavy atom. The van der Waals surface area contributed by atoms with Crippen LogP contribution in [0.3, 0.4) is 0 Å². The van der Waals surface area contributed by atoms with Gasteiger partial charge in [0, 0.05) is 31.7 Å². The summed E-state index contributed by atoms with van der Waals surface area (Å²) in [6.07, 6.45) is 4.08. The molecule has 3 unspecified atom stereocenters. The third-order valence-electron chi connectivity index (χ3n) is 5.55. The van der Waals surface area contributed by atoms with Gasteiger partial charge in [-0.25, -0.2) is 0 Å². The first kappa shape index (κ1) is 18.4. The predicted molar refractivity (Wildman–Crippen MR) is 99.0 cm³/mol. The van der Waals surface area contributed by atoms with Crippen LogP contribution in [0.4, 0.5) is 0 Å². The van der Waals surface area contributed by atoms with Crippen molar-refractivity contribution in [3.05, 3.63) is 35.9 Å². The SMILES string of the molecule is CC1(N)CCCCC1C(=O)NCC1CN(Cc2ccccc2)CCO1. The monoisotopic (exact) mass is 345 g/mol. The van der Waals surface area contributed by atoms with Gasteiger partial charge in [-0.15, -0.1) is 0 Å². The van der Waals surface area contributed by atoms with Crippen LogP contribution < -0.4 is 11.1 Å². The molecule has 1 aromatic carbocycles. The van der Waals surface area contributed by atoms with Gasteiger partial charge in [-0.3, -0.25) is 9.69 Å². The van der Waals surface area contributed by atoms with Crippen LogP contribution in [0.25, 0.3) is 0 Å². The molecule has 0 radical (unpaired) electrons. The summed E-state index contributed by atoms with van der Waals surface area (Å²) < 4.78 is 5.85. The minimum Gasteiger partial charge on any atom is -0.374 e. The third-order valence-corrected chi connectivity index (χ3v) is 5.55. The maximum Gasteiger partial charge on any atom is 0.225 e. The van der Waals surface area contributed by atoms with Gasteiger partial charge < -0.3 is 15.8 Å². The van der Waals surface area contributed by atoms with Crippen molar-refractivity contribution in [2.45, 2.75) is 50.8 Å². The molecule has 1 heterocycles. The van der Waals surface area contributed by atoms with E-state index in [1.807, 2.05) is 13.0 Å². The summed E-state index contributed by atoms with van der Waals surface area (Å²) in [5.74, 6) is 0.0127. The van der Waals surface area contributed by atoms with Crippen molar-refractivity contribution < 1.29 is 9.53 Å². The molecule has 0 aromatic heterocycles. The number of hydrogen-bond donors (Lipinski definition) is 2. The van der Waals surface area contributed by atoms with E-state index in [0.29, 0.717) is 13.2 Å². The van der Waals surface area contributed by atoms with E-state index in [9.17, 15) is 4.79 Å². The fourth-order valence-corrected chi connectivity index (χ4v) is 4.02. The molecule has 2 aliphatic rings. The molecule has 0 bridgehead atoms. The maximum atomic E-state index is 12.6. The van der Waals surface area contributed by atoms with E-state index in [2.05, 4.69) is 34.5 Å². The van der Waals surface area contributed by atoms with Crippen LogP contribution in [-0.2, 0) is 16.1 Å². The first-order chi connectivity index (χ1) is 12.0. The quantitative estimate of drug-likeness (QED) is 0.855. The largest absolute Gasteiger partial charge is 0.374 e. The Morgan fingerprint density at radius 3 is 2.92 bits per heavy atom. The van der Waals surface area contributed by atoms with Crippen molar-refractivity contribution in [2.75, 3.05) is 26.2 Å². The number of rotatable bonds is 5. The number of benzene rings is 1. The number of hydrogen-bond acceptors (Lipinski definition) is 4. The number of carbonyl (C=O) groups is 1. The second-order valence-electron chi connectivity index (χ2n) is 7.76. The molecule has 2 fully saturated rings. The fourth-order valence-electron chi connectivity index (χ4n) is 4.02. The molecule has 1 aliphatic heterocycles. The van der Waals surface area contributed by atoms with Crippen molar-refractivity contribution >= 4 is 5.91 Å². The summed E-state index contributed by atoms with van der Waals surface area (Å²) >= 11 is 0. The predicted octanol–water partition coefficient (Wildman–Crippen LogP) is 1.91. The Balaban J connectivity index is 1.47. The molecule has 1 aliphatic carbocycles. The number of nitrogens with one attached hydrogen (secondary N) is 1. The maximum absolute atomic E-state index is 12.6. The molecule has 25 heavy (non-hydrogen) atoms. The number of morpholine rings is 1. The van der Waals surface area contributed by atoms with Gasteiger partial charge in [0.25, 0.3) is 0 Å². The van der Waals surface area contributed by atoms with Crippen molar-refractivity contribution in [2.24, 2.45) is 11.7 Å². The number of nitrogens with two attached hydrogens (primary N) is 1. The standard InChI is InChI=1S/C20H31N3O2/c1-20(21)10-6-5-9-18(20)19(24)22-13-17-15-23(11-12-25-17)14-16-7-3-2-4-8-16/h2-4,7-8,17-18H,5-6,9-15,21H2,1H3,(H,22,24). The van der Waals surface area contributed by atoms with Gasteiger partial charge >= 0.3 is 0 Å². The van der Waals surface area contributed by atoms with Gasteiger partial charge in [0.15, 0.2) is 0 Å². The minimum atomic E-state index is -0.380. The summed E-state index contributed by atoms with van der Waals surface area (Å²) in [6.45, 7) is 6.00. The van der Waals surface area contributed by atoms with Gasteiger partial charge in [0.05, 0.1) is 18.6 Å². The van der Waals surface area contributed by atoms with E-state index in [4.69, 9.17) is 10.5 Å². The first-order valence-electron chi connectivity index (χ1n) is 9.49. The van der Waals surface area contributed by atoms with E-state index in [1.54, 1.807) is 0 Å². The molecule has 3 rings (SSSR count). The van der Waals surface area contributed by atoms with Gasteiger partial charge in [-0.1, -0.05) is 43.2 Å². The molecular weight excluding hydrogens is 314 g/mol. The van der Waals surface area contributed by atoms with E-state index < -0.39 is 0 Å². The zero-order chi connectivity index (χ0) is 17.7. The van der Waals surface area contributed by atoms with E-state index >= 15 is 0 Å². The van der Waals surface area contributed by atoms with E-state index in [-0.39, 0.29) is 23.5 Å². The molecule has 138 valence electrons. The topological polar surface area (TPSA) is 67.6 Å². The van der Waals surface area contributed by atoms with Gasteiger partial charge in [0.2, 0.25) is 5.91 Å². The Kier molecular flexibility index (Phi) is 6.10. The van der Waals surface area contributed by atoms with Crippen LogP contribution in [-0.4, -0.2) is 48.7 Å². The first-order valence-corrected chi connectivity index (χ1v) is 9.49. The number of amides is 1. The third kappa shape index (κ3) is 5.03. The Hall–Kier alpha value is -1.43. The van der Waals surface area contributed by atoms with Crippen molar-refractivity contribution in [1.82, 2.24) is 10.2 Å². The smallest absolute Gasteiger partial charge is 0.225 e. The average molecular weight is 345 g/mol. The number of ether oxygens (including phenoxy) is 1. The van der Waals surface area contributed by atoms with Crippen LogP contribution in [0.5, 0.6) is 0 Å². The summed E-state index contributed by atoms with van der Waals surface area (Å²) in [6, 6.07) is 10.5. The molecule has 1 saturated carbocycles.